The summed E-state index contributed by atoms with van der Waals surface area (Å²) in [4.78, 5) is 29.9. The van der Waals surface area contributed by atoms with Crippen molar-refractivity contribution in [3.63, 3.8) is 0 Å². The monoisotopic (exact) mass is 338 g/mol. The molecule has 4 nitrogen and oxygen atoms in total. The van der Waals surface area contributed by atoms with Crippen LogP contribution in [0, 0.1) is 0 Å². The molecule has 2 aromatic heterocycles. The third kappa shape index (κ3) is 3.46. The molecule has 0 atom stereocenters. The molecule has 122 valence electrons. The lowest BCUT2D eigenvalue weighted by molar-refractivity contribution is -0.126. The van der Waals surface area contributed by atoms with Gasteiger partial charge in [0, 0.05) is 41.0 Å². The number of amides is 1. The van der Waals surface area contributed by atoms with Gasteiger partial charge in [0.15, 0.2) is 0 Å². The second kappa shape index (κ2) is 6.84. The van der Waals surface area contributed by atoms with Crippen LogP contribution in [0.2, 0.25) is 0 Å². The van der Waals surface area contributed by atoms with E-state index in [1.165, 1.54) is 0 Å². The van der Waals surface area contributed by atoms with E-state index in [2.05, 4.69) is 4.98 Å². The number of hydrogen-bond acceptors (Lipinski definition) is 3. The molecule has 0 aliphatic rings. The maximum absolute atomic E-state index is 12.6. The van der Waals surface area contributed by atoms with Gasteiger partial charge in [0.25, 0.3) is 0 Å². The van der Waals surface area contributed by atoms with Crippen molar-refractivity contribution < 1.29 is 4.79 Å². The number of benzene rings is 1. The number of hydrogen-bond donors (Lipinski definition) is 1. The molecule has 0 radical (unpaired) electrons. The van der Waals surface area contributed by atoms with Crippen LogP contribution in [0.5, 0.6) is 0 Å². The van der Waals surface area contributed by atoms with Crippen molar-refractivity contribution >= 4 is 34.2 Å². The van der Waals surface area contributed by atoms with Crippen LogP contribution in [0.1, 0.15) is 17.4 Å². The molecule has 0 fully saturated rings. The van der Waals surface area contributed by atoms with E-state index in [-0.39, 0.29) is 11.5 Å². The number of para-hydroxylation sites is 1. The van der Waals surface area contributed by atoms with E-state index in [0.717, 1.165) is 21.3 Å². The van der Waals surface area contributed by atoms with Gasteiger partial charge >= 0.3 is 0 Å². The van der Waals surface area contributed by atoms with Crippen LogP contribution in [0.3, 0.4) is 0 Å². The van der Waals surface area contributed by atoms with Gasteiger partial charge in [0.2, 0.25) is 11.5 Å². The molecule has 0 aliphatic heterocycles. The number of carbonyl (C=O) groups excluding carboxylic acids is 1. The first-order valence-electron chi connectivity index (χ1n) is 7.63. The number of rotatable bonds is 4. The summed E-state index contributed by atoms with van der Waals surface area (Å²) in [6, 6.07) is 13.1. The average molecular weight is 338 g/mol. The second-order valence-corrected chi connectivity index (χ2v) is 6.69. The summed E-state index contributed by atoms with van der Waals surface area (Å²) in [7, 11) is 1.75. The Labute approximate surface area is 144 Å². The fourth-order valence-corrected chi connectivity index (χ4v) is 3.40. The molecule has 0 unspecified atom stereocenters. The number of thiophene rings is 1. The molecule has 1 amide bonds. The molecule has 3 aromatic rings. The Morgan fingerprint density at radius 2 is 2.04 bits per heavy atom. The quantitative estimate of drug-likeness (QED) is 0.738. The van der Waals surface area contributed by atoms with Crippen molar-refractivity contribution in [1.29, 1.82) is 0 Å². The Bertz CT molecular complexity index is 955. The number of nitrogens with zero attached hydrogens (tertiary/aromatic N) is 1. The van der Waals surface area contributed by atoms with Crippen molar-refractivity contribution in [1.82, 2.24) is 9.88 Å². The minimum absolute atomic E-state index is 0.0484. The Kier molecular flexibility index (Phi) is 4.62. The highest BCUT2D eigenvalue weighted by atomic mass is 32.1. The van der Waals surface area contributed by atoms with Crippen molar-refractivity contribution in [2.24, 2.45) is 0 Å². The highest BCUT2D eigenvalue weighted by molar-refractivity contribution is 7.10. The number of H-pyrrole nitrogens is 1. The minimum atomic E-state index is -0.157. The SMILES string of the molecule is CC(=Cc1cccs1)C(=O)N(C)Cc1cc(=O)[nH]c2ccccc12. The third-order valence-electron chi connectivity index (χ3n) is 3.83. The zero-order chi connectivity index (χ0) is 17.1. The lowest BCUT2D eigenvalue weighted by Gasteiger charge is -2.18. The molecule has 24 heavy (non-hydrogen) atoms. The number of pyridine rings is 1. The van der Waals surface area contributed by atoms with Crippen molar-refractivity contribution in [2.45, 2.75) is 13.5 Å². The molecule has 0 aliphatic carbocycles. The van der Waals surface area contributed by atoms with E-state index in [0.29, 0.717) is 12.1 Å². The molecule has 3 rings (SSSR count). The van der Waals surface area contributed by atoms with Crippen LogP contribution in [0.15, 0.2) is 58.2 Å². The smallest absolute Gasteiger partial charge is 0.249 e. The van der Waals surface area contributed by atoms with Crippen LogP contribution in [0.25, 0.3) is 17.0 Å². The van der Waals surface area contributed by atoms with E-state index in [1.54, 1.807) is 29.4 Å². The van der Waals surface area contributed by atoms with Crippen molar-refractivity contribution in [3.8, 4) is 0 Å². The van der Waals surface area contributed by atoms with Gasteiger partial charge in [-0.3, -0.25) is 9.59 Å². The lowest BCUT2D eigenvalue weighted by Crippen LogP contribution is -2.27. The first-order valence-corrected chi connectivity index (χ1v) is 8.51. The van der Waals surface area contributed by atoms with Crippen LogP contribution in [-0.4, -0.2) is 22.8 Å². The lowest BCUT2D eigenvalue weighted by atomic mass is 10.1. The van der Waals surface area contributed by atoms with Crippen molar-refractivity contribution in [2.75, 3.05) is 7.05 Å². The zero-order valence-corrected chi connectivity index (χ0v) is 14.4. The summed E-state index contributed by atoms with van der Waals surface area (Å²) in [5.41, 5.74) is 2.14. The van der Waals surface area contributed by atoms with Gasteiger partial charge in [-0.1, -0.05) is 24.3 Å². The number of carbonyl (C=O) groups is 1. The predicted octanol–water partition coefficient (Wildman–Crippen LogP) is 3.65. The first kappa shape index (κ1) is 16.2. The van der Waals surface area contributed by atoms with Gasteiger partial charge in [-0.25, -0.2) is 0 Å². The van der Waals surface area contributed by atoms with Crippen LogP contribution in [-0.2, 0) is 11.3 Å². The number of fused-ring (bicyclic) bond motifs is 1. The summed E-state index contributed by atoms with van der Waals surface area (Å²) in [6.45, 7) is 2.20. The molecule has 0 saturated carbocycles. The van der Waals surface area contributed by atoms with Crippen LogP contribution >= 0.6 is 11.3 Å². The third-order valence-corrected chi connectivity index (χ3v) is 4.65. The maximum Gasteiger partial charge on any atom is 0.249 e. The molecular formula is C19H18N2O2S. The first-order chi connectivity index (χ1) is 11.5. The van der Waals surface area contributed by atoms with Crippen LogP contribution < -0.4 is 5.56 Å². The fourth-order valence-electron chi connectivity index (χ4n) is 2.68. The van der Waals surface area contributed by atoms with E-state index >= 15 is 0 Å². The Morgan fingerprint density at radius 1 is 1.25 bits per heavy atom. The topological polar surface area (TPSA) is 53.2 Å². The zero-order valence-electron chi connectivity index (χ0n) is 13.6. The van der Waals surface area contributed by atoms with Gasteiger partial charge in [0.1, 0.15) is 0 Å². The maximum atomic E-state index is 12.6. The summed E-state index contributed by atoms with van der Waals surface area (Å²) >= 11 is 1.60. The minimum Gasteiger partial charge on any atom is -0.338 e. The van der Waals surface area contributed by atoms with Gasteiger partial charge in [-0.05, 0) is 36.1 Å². The summed E-state index contributed by atoms with van der Waals surface area (Å²) in [5.74, 6) is -0.0484. The molecule has 1 N–H and O–H groups in total. The van der Waals surface area contributed by atoms with E-state index in [4.69, 9.17) is 0 Å². The van der Waals surface area contributed by atoms with Gasteiger partial charge < -0.3 is 9.88 Å². The molecule has 1 aromatic carbocycles. The Balaban J connectivity index is 1.86. The molecule has 0 spiro atoms. The van der Waals surface area contributed by atoms with Gasteiger partial charge in [-0.15, -0.1) is 11.3 Å². The normalized spacial score (nSPS) is 11.7. The molecule has 5 heteroatoms. The fraction of sp³-hybridized carbons (Fsp3) is 0.158. The number of aromatic amines is 1. The Morgan fingerprint density at radius 3 is 2.79 bits per heavy atom. The van der Waals surface area contributed by atoms with Crippen LogP contribution in [0.4, 0.5) is 0 Å². The van der Waals surface area contributed by atoms with Gasteiger partial charge in [-0.2, -0.15) is 0 Å². The van der Waals surface area contributed by atoms with E-state index in [9.17, 15) is 9.59 Å². The van der Waals surface area contributed by atoms with Crippen molar-refractivity contribution in [3.05, 3.63) is 74.2 Å². The number of nitrogens with one attached hydrogen (secondary N) is 1. The molecule has 0 saturated heterocycles. The average Bonchev–Trinajstić information content (AvgIpc) is 3.06. The van der Waals surface area contributed by atoms with E-state index < -0.39 is 0 Å². The molecule has 0 bridgehead atoms. The largest absolute Gasteiger partial charge is 0.338 e. The highest BCUT2D eigenvalue weighted by Gasteiger charge is 2.13. The second-order valence-electron chi connectivity index (χ2n) is 5.71. The summed E-state index contributed by atoms with van der Waals surface area (Å²) in [5, 5.41) is 2.94. The standard InChI is InChI=1S/C19H18N2O2S/c1-13(10-15-6-5-9-24-15)19(23)21(2)12-14-11-18(22)20-17-8-4-3-7-16(14)17/h3-11H,12H2,1-2H3,(H,20,22). The van der Waals surface area contributed by atoms with Gasteiger partial charge in [0.05, 0.1) is 0 Å². The predicted molar refractivity (Wildman–Crippen MR) is 99.0 cm³/mol. The summed E-state index contributed by atoms with van der Waals surface area (Å²) in [6.07, 6.45) is 1.89. The highest BCUT2D eigenvalue weighted by Crippen LogP contribution is 2.18. The molecule has 2 heterocycles. The van der Waals surface area contributed by atoms with E-state index in [1.807, 2.05) is 54.8 Å². The summed E-state index contributed by atoms with van der Waals surface area (Å²) < 4.78 is 0. The number of aromatic nitrogens is 1. The molecular weight excluding hydrogens is 320 g/mol. The Hall–Kier alpha value is -2.66. The number of likely N-dealkylation sites (N-methyl/N-ethyl adjacent to an activating group) is 1.